The molecule has 0 bridgehead atoms. The number of anilines is 2. The Morgan fingerprint density at radius 2 is 1.87 bits per heavy atom. The molecule has 1 aliphatic heterocycles. The molecule has 1 atom stereocenters. The largest absolute Gasteiger partial charge is 0.272 e. The van der Waals surface area contributed by atoms with E-state index in [1.54, 1.807) is 12.1 Å². The van der Waals surface area contributed by atoms with E-state index in [-0.39, 0.29) is 17.3 Å². The maximum atomic E-state index is 13.6. The lowest BCUT2D eigenvalue weighted by Gasteiger charge is -2.28. The molecule has 1 fully saturated rings. The van der Waals surface area contributed by atoms with Gasteiger partial charge in [-0.2, -0.15) is 4.31 Å². The minimum atomic E-state index is -3.94. The van der Waals surface area contributed by atoms with Crippen LogP contribution in [0.25, 0.3) is 0 Å². The van der Waals surface area contributed by atoms with E-state index in [0.717, 1.165) is 17.8 Å². The number of thiazole rings is 1. The zero-order valence-corrected chi connectivity index (χ0v) is 17.9. The zero-order chi connectivity index (χ0) is 21.3. The summed E-state index contributed by atoms with van der Waals surface area (Å²) in [6, 6.07) is 12.9. The highest BCUT2D eigenvalue weighted by atomic mass is 32.2. The van der Waals surface area contributed by atoms with Gasteiger partial charge in [0.15, 0.2) is 5.13 Å². The molecule has 0 radical (unpaired) electrons. The molecule has 1 aromatic heterocycles. The summed E-state index contributed by atoms with van der Waals surface area (Å²) in [6.07, 6.45) is 0.976. The predicted molar refractivity (Wildman–Crippen MR) is 114 cm³/mol. The maximum Gasteiger partial charge on any atom is 0.251 e. The van der Waals surface area contributed by atoms with Crippen LogP contribution in [-0.2, 0) is 14.8 Å². The summed E-state index contributed by atoms with van der Waals surface area (Å²) in [4.78, 5) is 19.5. The number of halogens is 1. The summed E-state index contributed by atoms with van der Waals surface area (Å²) in [6.45, 7) is 2.07. The Labute approximate surface area is 178 Å². The van der Waals surface area contributed by atoms with E-state index in [9.17, 15) is 17.6 Å². The van der Waals surface area contributed by atoms with Gasteiger partial charge < -0.3 is 0 Å². The van der Waals surface area contributed by atoms with E-state index in [1.807, 2.05) is 30.5 Å². The second-order valence-electron chi connectivity index (χ2n) is 7.01. The van der Waals surface area contributed by atoms with Gasteiger partial charge in [-0.1, -0.05) is 18.2 Å². The van der Waals surface area contributed by atoms with Crippen LogP contribution in [0, 0.1) is 12.7 Å². The summed E-state index contributed by atoms with van der Waals surface area (Å²) in [5.74, 6) is -0.865. The molecule has 6 nitrogen and oxygen atoms in total. The lowest BCUT2D eigenvalue weighted by Crippen LogP contribution is -2.46. The van der Waals surface area contributed by atoms with Gasteiger partial charge in [-0.25, -0.2) is 17.8 Å². The molecule has 1 saturated heterocycles. The SMILES string of the molecule is Cc1csc(N(C(=O)C2CCCN2S(=O)(=O)c2ccc(F)cc2)c2ccccc2)n1. The number of benzene rings is 2. The van der Waals surface area contributed by atoms with Gasteiger partial charge >= 0.3 is 0 Å². The van der Waals surface area contributed by atoms with Crippen LogP contribution in [0.3, 0.4) is 0 Å². The Balaban J connectivity index is 1.71. The van der Waals surface area contributed by atoms with Crippen LogP contribution in [0.4, 0.5) is 15.2 Å². The van der Waals surface area contributed by atoms with Crippen molar-refractivity contribution in [3.05, 3.63) is 71.5 Å². The molecular weight excluding hydrogens is 425 g/mol. The second kappa shape index (κ2) is 8.25. The number of aromatic nitrogens is 1. The molecule has 1 amide bonds. The average molecular weight is 446 g/mol. The number of nitrogens with zero attached hydrogens (tertiary/aromatic N) is 3. The molecular formula is C21H20FN3O3S2. The Bertz CT molecular complexity index is 1150. The Hall–Kier alpha value is -2.62. The normalized spacial score (nSPS) is 17.2. The third kappa shape index (κ3) is 3.88. The smallest absolute Gasteiger partial charge is 0.251 e. The molecule has 2 aromatic carbocycles. The van der Waals surface area contributed by atoms with Gasteiger partial charge in [-0.05, 0) is 56.2 Å². The first-order valence-corrected chi connectivity index (χ1v) is 11.8. The molecule has 3 aromatic rings. The first-order valence-electron chi connectivity index (χ1n) is 9.46. The molecule has 4 rings (SSSR count). The van der Waals surface area contributed by atoms with E-state index < -0.39 is 21.9 Å². The number of rotatable bonds is 5. The van der Waals surface area contributed by atoms with Crippen molar-refractivity contribution in [1.29, 1.82) is 0 Å². The first kappa shape index (κ1) is 20.6. The van der Waals surface area contributed by atoms with Crippen LogP contribution < -0.4 is 4.90 Å². The Morgan fingerprint density at radius 3 is 2.50 bits per heavy atom. The lowest BCUT2D eigenvalue weighted by atomic mass is 10.2. The van der Waals surface area contributed by atoms with Crippen LogP contribution in [0.15, 0.2) is 64.9 Å². The predicted octanol–water partition coefficient (Wildman–Crippen LogP) is 4.11. The fourth-order valence-corrected chi connectivity index (χ4v) is 6.00. The summed E-state index contributed by atoms with van der Waals surface area (Å²) in [5, 5.41) is 2.34. The van der Waals surface area contributed by atoms with Crippen molar-refractivity contribution in [2.75, 3.05) is 11.4 Å². The highest BCUT2D eigenvalue weighted by Gasteiger charge is 2.42. The molecule has 156 valence electrons. The molecule has 9 heteroatoms. The van der Waals surface area contributed by atoms with E-state index in [2.05, 4.69) is 4.98 Å². The van der Waals surface area contributed by atoms with Crippen molar-refractivity contribution in [3.8, 4) is 0 Å². The number of carbonyl (C=O) groups is 1. The maximum absolute atomic E-state index is 13.6. The van der Waals surface area contributed by atoms with Crippen LogP contribution in [0.5, 0.6) is 0 Å². The molecule has 1 unspecified atom stereocenters. The monoisotopic (exact) mass is 445 g/mol. The summed E-state index contributed by atoms with van der Waals surface area (Å²) in [5.41, 5.74) is 1.41. The number of hydrogen-bond acceptors (Lipinski definition) is 5. The van der Waals surface area contributed by atoms with E-state index in [1.165, 1.54) is 32.7 Å². The highest BCUT2D eigenvalue weighted by molar-refractivity contribution is 7.89. The van der Waals surface area contributed by atoms with E-state index in [4.69, 9.17) is 0 Å². The number of hydrogen-bond donors (Lipinski definition) is 0. The fraction of sp³-hybridized carbons (Fsp3) is 0.238. The summed E-state index contributed by atoms with van der Waals surface area (Å²) >= 11 is 1.33. The third-order valence-corrected chi connectivity index (χ3v) is 7.81. The van der Waals surface area contributed by atoms with E-state index in [0.29, 0.717) is 23.7 Å². The van der Waals surface area contributed by atoms with Crippen molar-refractivity contribution in [2.45, 2.75) is 30.7 Å². The van der Waals surface area contributed by atoms with Crippen molar-refractivity contribution >= 4 is 38.1 Å². The molecule has 0 N–H and O–H groups in total. The molecule has 0 spiro atoms. The first-order chi connectivity index (χ1) is 14.4. The standard InChI is InChI=1S/C21H20FN3O3S2/c1-15-14-29-21(23-15)25(17-6-3-2-4-7-17)20(26)19-8-5-13-24(19)30(27,28)18-11-9-16(22)10-12-18/h2-4,6-7,9-12,14,19H,5,8,13H2,1H3. The Morgan fingerprint density at radius 1 is 1.17 bits per heavy atom. The second-order valence-corrected chi connectivity index (χ2v) is 9.74. The van der Waals surface area contributed by atoms with Gasteiger partial charge in [0.1, 0.15) is 11.9 Å². The number of sulfonamides is 1. The minimum Gasteiger partial charge on any atom is -0.272 e. The number of aryl methyl sites for hydroxylation is 1. The van der Waals surface area contributed by atoms with Crippen molar-refractivity contribution in [1.82, 2.24) is 9.29 Å². The zero-order valence-electron chi connectivity index (χ0n) is 16.2. The van der Waals surface area contributed by atoms with Gasteiger partial charge in [0.2, 0.25) is 10.0 Å². The molecule has 0 aliphatic carbocycles. The van der Waals surface area contributed by atoms with Crippen molar-refractivity contribution in [3.63, 3.8) is 0 Å². The van der Waals surface area contributed by atoms with Crippen LogP contribution in [0.2, 0.25) is 0 Å². The average Bonchev–Trinajstić information content (AvgIpc) is 3.39. The lowest BCUT2D eigenvalue weighted by molar-refractivity contribution is -0.120. The number of carbonyl (C=O) groups excluding carboxylic acids is 1. The third-order valence-electron chi connectivity index (χ3n) is 4.94. The van der Waals surface area contributed by atoms with E-state index >= 15 is 0 Å². The van der Waals surface area contributed by atoms with Gasteiger partial charge in [0.05, 0.1) is 16.3 Å². The summed E-state index contributed by atoms with van der Waals surface area (Å²) < 4.78 is 40.8. The van der Waals surface area contributed by atoms with Crippen LogP contribution in [-0.4, -0.2) is 36.2 Å². The molecule has 30 heavy (non-hydrogen) atoms. The van der Waals surface area contributed by atoms with Gasteiger partial charge in [0, 0.05) is 11.9 Å². The summed E-state index contributed by atoms with van der Waals surface area (Å²) in [7, 11) is -3.94. The van der Waals surface area contributed by atoms with Crippen molar-refractivity contribution < 1.29 is 17.6 Å². The molecule has 0 saturated carbocycles. The Kier molecular flexibility index (Phi) is 5.68. The minimum absolute atomic E-state index is 0.0278. The number of amides is 1. The fourth-order valence-electron chi connectivity index (χ4n) is 3.52. The van der Waals surface area contributed by atoms with Gasteiger partial charge in [0.25, 0.3) is 5.91 Å². The molecule has 1 aliphatic rings. The van der Waals surface area contributed by atoms with Crippen LogP contribution in [0.1, 0.15) is 18.5 Å². The number of para-hydroxylation sites is 1. The topological polar surface area (TPSA) is 70.6 Å². The van der Waals surface area contributed by atoms with Gasteiger partial charge in [-0.15, -0.1) is 11.3 Å². The van der Waals surface area contributed by atoms with Gasteiger partial charge in [-0.3, -0.25) is 9.69 Å². The highest BCUT2D eigenvalue weighted by Crippen LogP contribution is 2.34. The quantitative estimate of drug-likeness (QED) is 0.593. The molecule has 2 heterocycles. The van der Waals surface area contributed by atoms with Crippen LogP contribution >= 0.6 is 11.3 Å². The van der Waals surface area contributed by atoms with Crippen molar-refractivity contribution in [2.24, 2.45) is 0 Å².